The molecule has 0 bridgehead atoms. The third kappa shape index (κ3) is 17.5. The molecule has 3 nitrogen and oxygen atoms in total. The van der Waals surface area contributed by atoms with E-state index in [2.05, 4.69) is 13.8 Å². The zero-order valence-electron chi connectivity index (χ0n) is 19.3. The molecule has 0 heterocycles. The highest BCUT2D eigenvalue weighted by molar-refractivity contribution is 5.69. The van der Waals surface area contributed by atoms with E-state index >= 15 is 0 Å². The molecule has 0 saturated heterocycles. The SMILES string of the molecule is CCCCCCCC[CH]C(O)(CCCCCCCCCCCC)OC(=O)CC. The van der Waals surface area contributed by atoms with Crippen molar-refractivity contribution in [3.8, 4) is 0 Å². The molecule has 1 unspecified atom stereocenters. The smallest absolute Gasteiger partial charge is 0.308 e. The van der Waals surface area contributed by atoms with Gasteiger partial charge < -0.3 is 9.84 Å². The molecule has 0 aromatic carbocycles. The number of rotatable bonds is 21. The van der Waals surface area contributed by atoms with Crippen molar-refractivity contribution in [2.24, 2.45) is 0 Å². The molecule has 1 N–H and O–H groups in total. The standard InChI is InChI=1S/C25H49O3/c1-4-7-9-11-13-14-15-17-19-21-23-25(27,28-24(26)6-3)22-20-18-16-12-10-8-5-2/h22,27H,4-21,23H2,1-3H3. The maximum atomic E-state index is 11.7. The lowest BCUT2D eigenvalue weighted by Crippen LogP contribution is -2.35. The van der Waals surface area contributed by atoms with Gasteiger partial charge in [-0.3, -0.25) is 4.79 Å². The average Bonchev–Trinajstić information content (AvgIpc) is 2.68. The van der Waals surface area contributed by atoms with E-state index in [1.54, 1.807) is 6.92 Å². The van der Waals surface area contributed by atoms with Crippen LogP contribution in [0.1, 0.15) is 143 Å². The van der Waals surface area contributed by atoms with Crippen LogP contribution in [0.15, 0.2) is 0 Å². The van der Waals surface area contributed by atoms with Crippen LogP contribution in [-0.4, -0.2) is 16.9 Å². The zero-order chi connectivity index (χ0) is 20.9. The normalized spacial score (nSPS) is 13.4. The van der Waals surface area contributed by atoms with E-state index in [9.17, 15) is 9.90 Å². The Hall–Kier alpha value is -0.570. The highest BCUT2D eigenvalue weighted by Crippen LogP contribution is 2.25. The van der Waals surface area contributed by atoms with Gasteiger partial charge in [-0.1, -0.05) is 117 Å². The van der Waals surface area contributed by atoms with Crippen molar-refractivity contribution in [3.05, 3.63) is 6.42 Å². The Morgan fingerprint density at radius 2 is 1.14 bits per heavy atom. The minimum Gasteiger partial charge on any atom is -0.433 e. The fraction of sp³-hybridized carbons (Fsp3) is 0.920. The van der Waals surface area contributed by atoms with Crippen molar-refractivity contribution in [2.75, 3.05) is 0 Å². The fourth-order valence-corrected chi connectivity index (χ4v) is 3.58. The molecule has 0 saturated carbocycles. The van der Waals surface area contributed by atoms with Gasteiger partial charge in [-0.25, -0.2) is 0 Å². The number of carbonyl (C=O) groups excluding carboxylic acids is 1. The maximum absolute atomic E-state index is 11.7. The topological polar surface area (TPSA) is 46.5 Å². The molecule has 0 aromatic heterocycles. The lowest BCUT2D eigenvalue weighted by Gasteiger charge is -2.27. The van der Waals surface area contributed by atoms with Crippen LogP contribution < -0.4 is 0 Å². The highest BCUT2D eigenvalue weighted by atomic mass is 16.7. The summed E-state index contributed by atoms with van der Waals surface area (Å²) < 4.78 is 5.38. The van der Waals surface area contributed by atoms with Gasteiger partial charge in [-0.15, -0.1) is 0 Å². The summed E-state index contributed by atoms with van der Waals surface area (Å²) in [6, 6.07) is 0. The number of hydrogen-bond acceptors (Lipinski definition) is 3. The van der Waals surface area contributed by atoms with E-state index in [-0.39, 0.29) is 5.97 Å². The first-order valence-corrected chi connectivity index (χ1v) is 12.4. The quantitative estimate of drug-likeness (QED) is 0.122. The van der Waals surface area contributed by atoms with E-state index in [1.165, 1.54) is 83.5 Å². The predicted octanol–water partition coefficient (Wildman–Crippen LogP) is 7.89. The predicted molar refractivity (Wildman–Crippen MR) is 120 cm³/mol. The van der Waals surface area contributed by atoms with Crippen LogP contribution in [0.4, 0.5) is 0 Å². The Morgan fingerprint density at radius 1 is 0.714 bits per heavy atom. The van der Waals surface area contributed by atoms with Crippen molar-refractivity contribution in [1.82, 2.24) is 0 Å². The number of unbranched alkanes of at least 4 members (excludes halogenated alkanes) is 15. The summed E-state index contributed by atoms with van der Waals surface area (Å²) in [6.45, 7) is 6.25. The molecule has 167 valence electrons. The molecule has 0 amide bonds. The van der Waals surface area contributed by atoms with Gasteiger partial charge in [-0.2, -0.15) is 0 Å². The molecular formula is C25H49O3. The number of aliphatic hydroxyl groups is 1. The number of hydrogen-bond donors (Lipinski definition) is 1. The van der Waals surface area contributed by atoms with Crippen molar-refractivity contribution in [2.45, 2.75) is 149 Å². The number of carbonyl (C=O) groups is 1. The zero-order valence-corrected chi connectivity index (χ0v) is 19.3. The number of ether oxygens (including phenoxy) is 1. The van der Waals surface area contributed by atoms with Gasteiger partial charge in [0, 0.05) is 19.3 Å². The molecule has 0 aliphatic heterocycles. The lowest BCUT2D eigenvalue weighted by molar-refractivity contribution is -0.199. The molecule has 3 heteroatoms. The Bertz CT molecular complexity index is 343. The van der Waals surface area contributed by atoms with Crippen LogP contribution in [0.5, 0.6) is 0 Å². The molecule has 1 radical (unpaired) electrons. The van der Waals surface area contributed by atoms with Gasteiger partial charge in [0.15, 0.2) is 0 Å². The molecule has 0 rings (SSSR count). The van der Waals surface area contributed by atoms with Crippen LogP contribution in [0.3, 0.4) is 0 Å². The minimum atomic E-state index is -1.36. The van der Waals surface area contributed by atoms with Gasteiger partial charge in [0.25, 0.3) is 0 Å². The van der Waals surface area contributed by atoms with Crippen molar-refractivity contribution >= 4 is 5.97 Å². The van der Waals surface area contributed by atoms with Crippen molar-refractivity contribution in [3.63, 3.8) is 0 Å². The monoisotopic (exact) mass is 397 g/mol. The van der Waals surface area contributed by atoms with Crippen molar-refractivity contribution in [1.29, 1.82) is 0 Å². The van der Waals surface area contributed by atoms with E-state index in [0.29, 0.717) is 12.8 Å². The second-order valence-electron chi connectivity index (χ2n) is 8.36. The van der Waals surface area contributed by atoms with Gasteiger partial charge in [0.05, 0.1) is 0 Å². The molecule has 28 heavy (non-hydrogen) atoms. The van der Waals surface area contributed by atoms with Gasteiger partial charge >= 0.3 is 5.97 Å². The summed E-state index contributed by atoms with van der Waals surface area (Å²) >= 11 is 0. The first-order chi connectivity index (χ1) is 13.6. The summed E-state index contributed by atoms with van der Waals surface area (Å²) in [5, 5.41) is 10.8. The summed E-state index contributed by atoms with van der Waals surface area (Å²) in [6.07, 6.45) is 23.5. The van der Waals surface area contributed by atoms with E-state index in [4.69, 9.17) is 4.74 Å². The Balaban J connectivity index is 3.92. The van der Waals surface area contributed by atoms with E-state index < -0.39 is 5.79 Å². The van der Waals surface area contributed by atoms with Gasteiger partial charge in [-0.05, 0) is 12.8 Å². The van der Waals surface area contributed by atoms with Crippen LogP contribution in [-0.2, 0) is 9.53 Å². The Kier molecular flexibility index (Phi) is 19.3. The lowest BCUT2D eigenvalue weighted by atomic mass is 9.98. The second-order valence-corrected chi connectivity index (χ2v) is 8.36. The number of esters is 1. The first-order valence-electron chi connectivity index (χ1n) is 12.4. The molecule has 0 aromatic rings. The van der Waals surface area contributed by atoms with Crippen molar-refractivity contribution < 1.29 is 14.6 Å². The average molecular weight is 398 g/mol. The fourth-order valence-electron chi connectivity index (χ4n) is 3.58. The van der Waals surface area contributed by atoms with Crippen LogP contribution in [0, 0.1) is 6.42 Å². The van der Waals surface area contributed by atoms with Crippen LogP contribution in [0.25, 0.3) is 0 Å². The van der Waals surface area contributed by atoms with Gasteiger partial charge in [0.2, 0.25) is 5.79 Å². The summed E-state index contributed by atoms with van der Waals surface area (Å²) in [5.74, 6) is -1.68. The summed E-state index contributed by atoms with van der Waals surface area (Å²) in [5.41, 5.74) is 0. The van der Waals surface area contributed by atoms with Gasteiger partial charge in [0.1, 0.15) is 0 Å². The third-order valence-electron chi connectivity index (χ3n) is 5.49. The first kappa shape index (κ1) is 27.4. The summed E-state index contributed by atoms with van der Waals surface area (Å²) in [7, 11) is 0. The van der Waals surface area contributed by atoms with E-state index in [0.717, 1.165) is 25.7 Å². The minimum absolute atomic E-state index is 0.311. The molecule has 0 aliphatic carbocycles. The Labute approximate surface area is 176 Å². The largest absolute Gasteiger partial charge is 0.433 e. The third-order valence-corrected chi connectivity index (χ3v) is 5.49. The maximum Gasteiger partial charge on any atom is 0.308 e. The molecular weight excluding hydrogens is 348 g/mol. The highest BCUT2D eigenvalue weighted by Gasteiger charge is 2.30. The summed E-state index contributed by atoms with van der Waals surface area (Å²) in [4.78, 5) is 11.7. The molecule has 0 aliphatic rings. The van der Waals surface area contributed by atoms with Crippen LogP contribution in [0.2, 0.25) is 0 Å². The van der Waals surface area contributed by atoms with Crippen LogP contribution >= 0.6 is 0 Å². The molecule has 0 fully saturated rings. The molecule has 1 atom stereocenters. The Morgan fingerprint density at radius 3 is 1.61 bits per heavy atom. The molecule has 0 spiro atoms. The van der Waals surface area contributed by atoms with E-state index in [1.807, 2.05) is 6.42 Å². The second kappa shape index (κ2) is 19.7.